The van der Waals surface area contributed by atoms with Gasteiger partial charge in [-0.15, -0.1) is 0 Å². The second-order valence-corrected chi connectivity index (χ2v) is 15.8. The van der Waals surface area contributed by atoms with Gasteiger partial charge in [0.15, 0.2) is 0 Å². The van der Waals surface area contributed by atoms with Crippen molar-refractivity contribution in [2.24, 2.45) is 14.1 Å². The molecule has 2 saturated carbocycles. The molecule has 272 valence electrons. The molecule has 0 bridgehead atoms. The van der Waals surface area contributed by atoms with Crippen LogP contribution in [0.1, 0.15) is 91.9 Å². The number of aromatic nitrogens is 4. The van der Waals surface area contributed by atoms with Crippen LogP contribution in [0.3, 0.4) is 0 Å². The van der Waals surface area contributed by atoms with E-state index >= 15 is 0 Å². The Hall–Kier alpha value is -5.25. The molecular formula is C44H38BrClN4O4. The van der Waals surface area contributed by atoms with Gasteiger partial charge in [-0.3, -0.25) is 9.97 Å². The van der Waals surface area contributed by atoms with Crippen LogP contribution in [-0.2, 0) is 26.9 Å². The first-order chi connectivity index (χ1) is 26.0. The average molecular weight is 802 g/mol. The number of rotatable bonds is 9. The summed E-state index contributed by atoms with van der Waals surface area (Å²) in [5.41, 5.74) is 10.4. The summed E-state index contributed by atoms with van der Waals surface area (Å²) in [6.07, 6.45) is 13.2. The van der Waals surface area contributed by atoms with Crippen LogP contribution in [-0.4, -0.2) is 41.3 Å². The van der Waals surface area contributed by atoms with Crippen molar-refractivity contribution in [3.05, 3.63) is 152 Å². The number of aromatic carboxylic acids is 2. The van der Waals surface area contributed by atoms with Gasteiger partial charge in [-0.1, -0.05) is 23.7 Å². The van der Waals surface area contributed by atoms with Crippen LogP contribution in [0.15, 0.2) is 102 Å². The molecule has 7 aromatic rings. The molecule has 4 aromatic heterocycles. The van der Waals surface area contributed by atoms with Gasteiger partial charge in [-0.2, -0.15) is 0 Å². The lowest BCUT2D eigenvalue weighted by Gasteiger charge is -2.12. The van der Waals surface area contributed by atoms with E-state index in [-0.39, 0.29) is 0 Å². The smallest absolute Gasteiger partial charge is 0.337 e. The second kappa shape index (κ2) is 14.5. The number of fused-ring (bicyclic) bond motifs is 2. The molecule has 0 atom stereocenters. The average Bonchev–Trinajstić information content (AvgIpc) is 4.09. The van der Waals surface area contributed by atoms with Crippen molar-refractivity contribution in [2.45, 2.75) is 50.4 Å². The van der Waals surface area contributed by atoms with Crippen LogP contribution in [0.5, 0.6) is 0 Å². The van der Waals surface area contributed by atoms with Gasteiger partial charge in [0, 0.05) is 77.6 Å². The molecule has 2 N–H and O–H groups in total. The Morgan fingerprint density at radius 1 is 0.722 bits per heavy atom. The summed E-state index contributed by atoms with van der Waals surface area (Å²) < 4.78 is 5.17. The molecule has 0 aliphatic heterocycles. The minimum atomic E-state index is -0.921. The first-order valence-electron chi connectivity index (χ1n) is 18.0. The summed E-state index contributed by atoms with van der Waals surface area (Å²) in [4.78, 5) is 32.5. The van der Waals surface area contributed by atoms with Crippen LogP contribution >= 0.6 is 27.5 Å². The van der Waals surface area contributed by atoms with E-state index in [4.69, 9.17) is 11.6 Å². The standard InChI is InChI=1S/C25H21ClN2O2.C19H17BrN2O2/c1-28-8-7-18-9-15(10-21(24(18)28)17-3-2-4-20(26)12-17)11-23-22(25(29)30)13-19(14-27-23)16-5-6-16;1-22-5-4-13-6-11(7-16(20)18(13)22)8-17-15(19(23)24)9-14(10-21-17)12-2-3-12/h2-4,7-10,12-14,16H,5-6,11H2,1H3,(H,29,30);4-7,9-10,12H,2-3,8H2,1H3,(H,23,24). The fourth-order valence-electron chi connectivity index (χ4n) is 7.37. The van der Waals surface area contributed by atoms with Crippen molar-refractivity contribution in [3.8, 4) is 11.1 Å². The Morgan fingerprint density at radius 3 is 1.76 bits per heavy atom. The van der Waals surface area contributed by atoms with E-state index in [1.807, 2.05) is 69.2 Å². The molecule has 0 amide bonds. The molecule has 2 aliphatic carbocycles. The highest BCUT2D eigenvalue weighted by atomic mass is 79.9. The maximum Gasteiger partial charge on any atom is 0.337 e. The molecule has 2 aliphatic rings. The predicted molar refractivity (Wildman–Crippen MR) is 216 cm³/mol. The molecule has 9 rings (SSSR count). The number of carbonyl (C=O) groups is 2. The maximum absolute atomic E-state index is 11.9. The van der Waals surface area contributed by atoms with Crippen molar-refractivity contribution in [3.63, 3.8) is 0 Å². The van der Waals surface area contributed by atoms with Gasteiger partial charge in [0.2, 0.25) is 0 Å². The van der Waals surface area contributed by atoms with Crippen LogP contribution < -0.4 is 0 Å². The van der Waals surface area contributed by atoms with E-state index in [1.54, 1.807) is 12.1 Å². The predicted octanol–water partition coefficient (Wildman–Crippen LogP) is 10.6. The number of halogens is 2. The molecule has 0 unspecified atom stereocenters. The summed E-state index contributed by atoms with van der Waals surface area (Å²) in [5.74, 6) is -0.852. The van der Waals surface area contributed by atoms with Crippen LogP contribution in [0.25, 0.3) is 32.9 Å². The molecule has 2 fully saturated rings. The number of aryl methyl sites for hydroxylation is 2. The highest BCUT2D eigenvalue weighted by molar-refractivity contribution is 9.10. The lowest BCUT2D eigenvalue weighted by molar-refractivity contribution is 0.0684. The Labute approximate surface area is 326 Å². The SMILES string of the molecule is Cn1ccc2cc(Cc3ncc(C4CC4)cc3C(=O)O)cc(-c3cccc(Cl)c3)c21.Cn1ccc2cc(Cc3ncc(C4CC4)cc3C(=O)O)cc(Br)c21. The summed E-state index contributed by atoms with van der Waals surface area (Å²) in [6, 6.07) is 23.9. The van der Waals surface area contributed by atoms with Crippen LogP contribution in [0, 0.1) is 0 Å². The van der Waals surface area contributed by atoms with Gasteiger partial charge in [-0.25, -0.2) is 9.59 Å². The van der Waals surface area contributed by atoms with E-state index in [9.17, 15) is 19.8 Å². The summed E-state index contributed by atoms with van der Waals surface area (Å²) in [6.45, 7) is 0. The number of hydrogen-bond acceptors (Lipinski definition) is 4. The largest absolute Gasteiger partial charge is 0.478 e. The molecule has 10 heteroatoms. The molecule has 4 heterocycles. The Bertz CT molecular complexity index is 2600. The number of carboxylic acids is 2. The quantitative estimate of drug-likeness (QED) is 0.150. The number of pyridine rings is 2. The fraction of sp³-hybridized carbons (Fsp3) is 0.227. The first-order valence-corrected chi connectivity index (χ1v) is 19.2. The van der Waals surface area contributed by atoms with Crippen molar-refractivity contribution < 1.29 is 19.8 Å². The summed E-state index contributed by atoms with van der Waals surface area (Å²) >= 11 is 9.87. The molecule has 8 nitrogen and oxygen atoms in total. The van der Waals surface area contributed by atoms with E-state index in [1.165, 1.54) is 0 Å². The van der Waals surface area contributed by atoms with Gasteiger partial charge in [0.25, 0.3) is 0 Å². The zero-order chi connectivity index (χ0) is 37.7. The van der Waals surface area contributed by atoms with E-state index in [0.717, 1.165) is 85.3 Å². The van der Waals surface area contributed by atoms with Gasteiger partial charge < -0.3 is 19.3 Å². The van der Waals surface area contributed by atoms with Crippen molar-refractivity contribution in [2.75, 3.05) is 0 Å². The van der Waals surface area contributed by atoms with Crippen molar-refractivity contribution in [1.82, 2.24) is 19.1 Å². The monoisotopic (exact) mass is 800 g/mol. The topological polar surface area (TPSA) is 110 Å². The lowest BCUT2D eigenvalue weighted by atomic mass is 9.96. The van der Waals surface area contributed by atoms with Gasteiger partial charge in [-0.05, 0) is 142 Å². The number of hydrogen-bond donors (Lipinski definition) is 2. The molecule has 54 heavy (non-hydrogen) atoms. The maximum atomic E-state index is 11.9. The van der Waals surface area contributed by atoms with Gasteiger partial charge in [0.05, 0.1) is 33.5 Å². The Kier molecular flexibility index (Phi) is 9.62. The van der Waals surface area contributed by atoms with Gasteiger partial charge in [0.1, 0.15) is 0 Å². The zero-order valence-electron chi connectivity index (χ0n) is 29.9. The van der Waals surface area contributed by atoms with Crippen molar-refractivity contribution >= 4 is 61.3 Å². The van der Waals surface area contributed by atoms with Crippen molar-refractivity contribution in [1.29, 1.82) is 0 Å². The van der Waals surface area contributed by atoms with Gasteiger partial charge >= 0.3 is 11.9 Å². The summed E-state index contributed by atoms with van der Waals surface area (Å²) in [5, 5.41) is 22.2. The molecule has 0 radical (unpaired) electrons. The molecular weight excluding hydrogens is 764 g/mol. The fourth-order valence-corrected chi connectivity index (χ4v) is 8.36. The van der Waals surface area contributed by atoms with E-state index < -0.39 is 11.9 Å². The zero-order valence-corrected chi connectivity index (χ0v) is 32.2. The second-order valence-electron chi connectivity index (χ2n) is 14.5. The summed E-state index contributed by atoms with van der Waals surface area (Å²) in [7, 11) is 4.03. The lowest BCUT2D eigenvalue weighted by Crippen LogP contribution is -2.07. The highest BCUT2D eigenvalue weighted by Gasteiger charge is 2.27. The number of carboxylic acid groups (broad SMARTS) is 2. The first kappa shape index (κ1) is 35.8. The molecule has 3 aromatic carbocycles. The minimum Gasteiger partial charge on any atom is -0.478 e. The van der Waals surface area contributed by atoms with Crippen LogP contribution in [0.4, 0.5) is 0 Å². The number of nitrogens with zero attached hydrogens (tertiary/aromatic N) is 4. The Morgan fingerprint density at radius 2 is 1.24 bits per heavy atom. The van der Waals surface area contributed by atoms with Crippen LogP contribution in [0.2, 0.25) is 5.02 Å². The molecule has 0 saturated heterocycles. The van der Waals surface area contributed by atoms with E-state index in [0.29, 0.717) is 52.2 Å². The third-order valence-electron chi connectivity index (χ3n) is 10.4. The third-order valence-corrected chi connectivity index (χ3v) is 11.3. The third kappa shape index (κ3) is 7.43. The molecule has 0 spiro atoms. The Balaban J connectivity index is 0.000000157. The minimum absolute atomic E-state index is 0.303. The number of benzene rings is 3. The highest BCUT2D eigenvalue weighted by Crippen LogP contribution is 2.41. The van der Waals surface area contributed by atoms with E-state index in [2.05, 4.69) is 65.4 Å². The normalized spacial score (nSPS) is 13.9.